The molecular weight excluding hydrogens is 368 g/mol. The Bertz CT molecular complexity index is 465. The van der Waals surface area contributed by atoms with Gasteiger partial charge in [0.05, 0.1) is 21.9 Å². The predicted molar refractivity (Wildman–Crippen MR) is 62.9 cm³/mol. The van der Waals surface area contributed by atoms with Gasteiger partial charge in [-0.05, 0) is 28.7 Å². The van der Waals surface area contributed by atoms with Crippen LogP contribution in [0.3, 0.4) is 0 Å². The van der Waals surface area contributed by atoms with Crippen molar-refractivity contribution in [3.8, 4) is 5.88 Å². The van der Waals surface area contributed by atoms with Gasteiger partial charge in [-0.1, -0.05) is 0 Å². The molecule has 0 bridgehead atoms. The van der Waals surface area contributed by atoms with Gasteiger partial charge >= 0.3 is 12.3 Å². The zero-order valence-electron chi connectivity index (χ0n) is 9.05. The maximum atomic E-state index is 12.2. The van der Waals surface area contributed by atoms with E-state index in [0.717, 1.165) is 7.11 Å². The van der Waals surface area contributed by atoms with Crippen molar-refractivity contribution in [2.75, 3.05) is 7.11 Å². The molecule has 0 spiro atoms. The quantitative estimate of drug-likeness (QED) is 0.644. The summed E-state index contributed by atoms with van der Waals surface area (Å²) in [6.07, 6.45) is -4.90. The summed E-state index contributed by atoms with van der Waals surface area (Å²) in [6.45, 7) is -0.130. The number of rotatable bonds is 3. The van der Waals surface area contributed by atoms with Crippen LogP contribution in [0.25, 0.3) is 0 Å². The van der Waals surface area contributed by atoms with Crippen molar-refractivity contribution in [3.63, 3.8) is 0 Å². The fourth-order valence-electron chi connectivity index (χ4n) is 1.10. The lowest BCUT2D eigenvalue weighted by Crippen LogP contribution is -2.20. The highest BCUT2D eigenvalue weighted by Gasteiger charge is 2.34. The molecule has 0 unspecified atom stereocenters. The lowest BCUT2D eigenvalue weighted by atomic mass is 10.2. The van der Waals surface area contributed by atoms with Gasteiger partial charge in [-0.2, -0.15) is 0 Å². The number of pyridine rings is 1. The van der Waals surface area contributed by atoms with Gasteiger partial charge in [0.1, 0.15) is 0 Å². The van der Waals surface area contributed by atoms with Gasteiger partial charge in [-0.25, -0.2) is 9.78 Å². The first-order valence-corrected chi connectivity index (χ1v) is 5.60. The second-order valence-electron chi connectivity index (χ2n) is 3.02. The average molecular weight is 376 g/mol. The lowest BCUT2D eigenvalue weighted by molar-refractivity contribution is -0.276. The maximum absolute atomic E-state index is 12.2. The zero-order valence-corrected chi connectivity index (χ0v) is 11.2. The van der Waals surface area contributed by atoms with E-state index in [0.29, 0.717) is 0 Å². The van der Waals surface area contributed by atoms with Crippen LogP contribution < -0.4 is 10.5 Å². The Morgan fingerprint density at radius 3 is 2.61 bits per heavy atom. The molecule has 0 aliphatic heterocycles. The van der Waals surface area contributed by atoms with Gasteiger partial charge in [-0.3, -0.25) is 0 Å². The smallest absolute Gasteiger partial charge is 0.465 e. The van der Waals surface area contributed by atoms with Gasteiger partial charge in [0.25, 0.3) is 0 Å². The van der Waals surface area contributed by atoms with E-state index in [1.165, 1.54) is 28.7 Å². The number of carbonyl (C=O) groups excluding carboxylic acids is 1. The van der Waals surface area contributed by atoms with E-state index in [4.69, 9.17) is 5.73 Å². The topological polar surface area (TPSA) is 74.4 Å². The van der Waals surface area contributed by atoms with Crippen LogP contribution in [-0.2, 0) is 11.3 Å². The van der Waals surface area contributed by atoms with Crippen LogP contribution in [0.5, 0.6) is 5.88 Å². The Hall–Kier alpha value is -1.10. The maximum Gasteiger partial charge on any atom is 0.574 e. The summed E-state index contributed by atoms with van der Waals surface area (Å²) in [7, 11) is 1.12. The summed E-state index contributed by atoms with van der Waals surface area (Å²) in [5.41, 5.74) is 5.31. The second kappa shape index (κ2) is 5.69. The molecule has 1 aromatic rings. The van der Waals surface area contributed by atoms with Crippen molar-refractivity contribution < 1.29 is 27.4 Å². The first-order valence-electron chi connectivity index (χ1n) is 4.52. The molecule has 1 aromatic heterocycles. The molecule has 0 aromatic carbocycles. The van der Waals surface area contributed by atoms with Crippen LogP contribution in [-0.4, -0.2) is 24.4 Å². The molecule has 18 heavy (non-hydrogen) atoms. The number of hydrogen-bond acceptors (Lipinski definition) is 5. The van der Waals surface area contributed by atoms with Crippen LogP contribution in [0.15, 0.2) is 6.07 Å². The van der Waals surface area contributed by atoms with Crippen LogP contribution in [0.2, 0.25) is 0 Å². The SMILES string of the molecule is COC(=O)c1cc(CN)nc(OC(F)(F)F)c1I. The predicted octanol–water partition coefficient (Wildman–Crippen LogP) is 1.83. The summed E-state index contributed by atoms with van der Waals surface area (Å²) in [5.74, 6) is -1.50. The van der Waals surface area contributed by atoms with Crippen molar-refractivity contribution in [3.05, 3.63) is 20.9 Å². The van der Waals surface area contributed by atoms with Gasteiger partial charge < -0.3 is 15.2 Å². The highest BCUT2D eigenvalue weighted by atomic mass is 127. The third-order valence-corrected chi connectivity index (χ3v) is 2.85. The Kier molecular flexibility index (Phi) is 4.73. The Morgan fingerprint density at radius 2 is 2.17 bits per heavy atom. The van der Waals surface area contributed by atoms with Gasteiger partial charge in [0.2, 0.25) is 5.88 Å². The zero-order chi connectivity index (χ0) is 13.9. The minimum Gasteiger partial charge on any atom is -0.465 e. The average Bonchev–Trinajstić information content (AvgIpc) is 2.29. The number of esters is 1. The van der Waals surface area contributed by atoms with E-state index in [9.17, 15) is 18.0 Å². The first kappa shape index (κ1) is 15.0. The van der Waals surface area contributed by atoms with E-state index < -0.39 is 18.2 Å². The van der Waals surface area contributed by atoms with Gasteiger partial charge in [0.15, 0.2) is 0 Å². The molecule has 0 atom stereocenters. The molecule has 2 N–H and O–H groups in total. The van der Waals surface area contributed by atoms with Crippen LogP contribution in [0.4, 0.5) is 13.2 Å². The fourth-order valence-corrected chi connectivity index (χ4v) is 1.70. The van der Waals surface area contributed by atoms with Gasteiger partial charge in [0, 0.05) is 6.54 Å². The Labute approximate surface area is 114 Å². The van der Waals surface area contributed by atoms with Crippen LogP contribution in [0, 0.1) is 3.57 Å². The number of nitrogens with two attached hydrogens (primary N) is 1. The molecule has 9 heteroatoms. The number of methoxy groups -OCH3 is 1. The molecule has 0 aliphatic carbocycles. The standard InChI is InChI=1S/C9H8F3IN2O3/c1-17-8(16)5-2-4(3-14)15-7(6(5)13)18-9(10,11)12/h2H,3,14H2,1H3. The monoisotopic (exact) mass is 376 g/mol. The highest BCUT2D eigenvalue weighted by Crippen LogP contribution is 2.29. The minimum atomic E-state index is -4.90. The molecule has 1 heterocycles. The molecule has 1 rings (SSSR count). The van der Waals surface area contributed by atoms with Crippen molar-refractivity contribution >= 4 is 28.6 Å². The number of halogens is 4. The lowest BCUT2D eigenvalue weighted by Gasteiger charge is -2.12. The molecule has 5 nitrogen and oxygen atoms in total. The van der Waals surface area contributed by atoms with Crippen molar-refractivity contribution in [1.82, 2.24) is 4.98 Å². The van der Waals surface area contributed by atoms with E-state index in [-0.39, 0.29) is 21.4 Å². The number of ether oxygens (including phenoxy) is 2. The molecule has 0 saturated heterocycles. The molecule has 0 radical (unpaired) electrons. The third kappa shape index (κ3) is 3.70. The number of alkyl halides is 3. The molecular formula is C9H8F3IN2O3. The number of aromatic nitrogens is 1. The van der Waals surface area contributed by atoms with E-state index in [1.807, 2.05) is 0 Å². The van der Waals surface area contributed by atoms with Gasteiger partial charge in [-0.15, -0.1) is 13.2 Å². The number of nitrogens with zero attached hydrogens (tertiary/aromatic N) is 1. The Morgan fingerprint density at radius 1 is 1.56 bits per heavy atom. The molecule has 0 saturated carbocycles. The van der Waals surface area contributed by atoms with E-state index in [2.05, 4.69) is 14.5 Å². The summed E-state index contributed by atoms with van der Waals surface area (Å²) in [6, 6.07) is 1.26. The largest absolute Gasteiger partial charge is 0.574 e. The molecule has 0 fully saturated rings. The third-order valence-electron chi connectivity index (χ3n) is 1.81. The van der Waals surface area contributed by atoms with Crippen molar-refractivity contribution in [1.29, 1.82) is 0 Å². The molecule has 100 valence electrons. The summed E-state index contributed by atoms with van der Waals surface area (Å²) in [4.78, 5) is 15.0. The fraction of sp³-hybridized carbons (Fsp3) is 0.333. The van der Waals surface area contributed by atoms with Crippen molar-refractivity contribution in [2.24, 2.45) is 5.73 Å². The molecule has 0 amide bonds. The normalized spacial score (nSPS) is 11.2. The molecule has 0 aliphatic rings. The highest BCUT2D eigenvalue weighted by molar-refractivity contribution is 14.1. The van der Waals surface area contributed by atoms with E-state index in [1.54, 1.807) is 0 Å². The van der Waals surface area contributed by atoms with Crippen LogP contribution in [0.1, 0.15) is 16.1 Å². The first-order chi connectivity index (χ1) is 8.28. The van der Waals surface area contributed by atoms with E-state index >= 15 is 0 Å². The minimum absolute atomic E-state index is 0.0761. The summed E-state index contributed by atoms with van der Waals surface area (Å²) in [5, 5.41) is 0. The summed E-state index contributed by atoms with van der Waals surface area (Å²) < 4.78 is 44.6. The second-order valence-corrected chi connectivity index (χ2v) is 4.10. The summed E-state index contributed by atoms with van der Waals surface area (Å²) >= 11 is 1.52. The Balaban J connectivity index is 3.29. The van der Waals surface area contributed by atoms with Crippen LogP contribution >= 0.6 is 22.6 Å². The number of carbonyl (C=O) groups is 1. The number of hydrogen-bond donors (Lipinski definition) is 1. The van der Waals surface area contributed by atoms with Crippen molar-refractivity contribution in [2.45, 2.75) is 12.9 Å².